The fourth-order valence-corrected chi connectivity index (χ4v) is 2.61. The lowest BCUT2D eigenvalue weighted by Crippen LogP contribution is -2.17. The zero-order chi connectivity index (χ0) is 15.5. The van der Waals surface area contributed by atoms with Crippen molar-refractivity contribution in [2.24, 2.45) is 0 Å². The van der Waals surface area contributed by atoms with Gasteiger partial charge in [0.15, 0.2) is 5.82 Å². The molecule has 116 valence electrons. The molecule has 1 atom stereocenters. The van der Waals surface area contributed by atoms with Gasteiger partial charge in [-0.25, -0.2) is 4.39 Å². The van der Waals surface area contributed by atoms with Crippen molar-refractivity contribution in [3.05, 3.63) is 46.9 Å². The van der Waals surface area contributed by atoms with Gasteiger partial charge in [0, 0.05) is 24.1 Å². The number of aromatic amines is 1. The predicted molar refractivity (Wildman–Crippen MR) is 80.0 cm³/mol. The van der Waals surface area contributed by atoms with Gasteiger partial charge < -0.3 is 10.1 Å². The number of benzene rings is 1. The van der Waals surface area contributed by atoms with Crippen molar-refractivity contribution in [3.8, 4) is 0 Å². The van der Waals surface area contributed by atoms with Crippen LogP contribution in [0.5, 0.6) is 0 Å². The minimum Gasteiger partial charge on any atom is -0.376 e. The molecule has 0 spiro atoms. The van der Waals surface area contributed by atoms with Crippen LogP contribution >= 0.6 is 0 Å². The number of carbonyl (C=O) groups is 1. The molecular weight excluding hydrogens is 285 g/mol. The lowest BCUT2D eigenvalue weighted by atomic mass is 9.97. The van der Waals surface area contributed by atoms with Crippen LogP contribution in [0.25, 0.3) is 0 Å². The molecule has 0 bridgehead atoms. The zero-order valence-corrected chi connectivity index (χ0v) is 12.4. The van der Waals surface area contributed by atoms with Crippen LogP contribution in [-0.2, 0) is 22.6 Å². The molecule has 22 heavy (non-hydrogen) atoms. The maximum atomic E-state index is 13.2. The van der Waals surface area contributed by atoms with Gasteiger partial charge in [-0.2, -0.15) is 5.10 Å². The number of hydrogen-bond acceptors (Lipinski definition) is 3. The number of halogens is 1. The Morgan fingerprint density at radius 1 is 1.55 bits per heavy atom. The molecule has 1 aromatic heterocycles. The first kappa shape index (κ1) is 14.7. The van der Waals surface area contributed by atoms with Crippen LogP contribution in [0.1, 0.15) is 36.1 Å². The van der Waals surface area contributed by atoms with Crippen LogP contribution < -0.4 is 5.32 Å². The molecule has 1 aliphatic heterocycles. The van der Waals surface area contributed by atoms with Crippen molar-refractivity contribution in [2.75, 3.05) is 11.9 Å². The Labute approximate surface area is 127 Å². The van der Waals surface area contributed by atoms with Gasteiger partial charge in [-0.15, -0.1) is 0 Å². The van der Waals surface area contributed by atoms with Gasteiger partial charge in [-0.05, 0) is 23.6 Å². The van der Waals surface area contributed by atoms with Crippen molar-refractivity contribution in [1.82, 2.24) is 10.2 Å². The van der Waals surface area contributed by atoms with Gasteiger partial charge in [-0.3, -0.25) is 9.89 Å². The average molecular weight is 303 g/mol. The third-order valence-electron chi connectivity index (χ3n) is 3.86. The van der Waals surface area contributed by atoms with E-state index < -0.39 is 0 Å². The standard InChI is InChI=1S/C16H18FN3O2/c1-10(11-3-2-4-12(17)8-11)7-15(21)18-16-13-9-22-6-5-14(13)19-20-16/h2-4,8,10H,5-7,9H2,1H3,(H2,18,19,20,21). The first-order chi connectivity index (χ1) is 10.6. The molecule has 0 saturated heterocycles. The number of anilines is 1. The van der Waals surface area contributed by atoms with Gasteiger partial charge in [0.1, 0.15) is 5.82 Å². The van der Waals surface area contributed by atoms with E-state index in [-0.39, 0.29) is 24.1 Å². The molecular formula is C16H18FN3O2. The number of nitrogens with one attached hydrogen (secondary N) is 2. The van der Waals surface area contributed by atoms with E-state index in [2.05, 4.69) is 15.5 Å². The van der Waals surface area contributed by atoms with Crippen LogP contribution in [0.15, 0.2) is 24.3 Å². The van der Waals surface area contributed by atoms with Crippen molar-refractivity contribution in [1.29, 1.82) is 0 Å². The van der Waals surface area contributed by atoms with Crippen molar-refractivity contribution >= 4 is 11.7 Å². The first-order valence-corrected chi connectivity index (χ1v) is 7.32. The molecule has 1 aromatic carbocycles. The highest BCUT2D eigenvalue weighted by Crippen LogP contribution is 2.24. The summed E-state index contributed by atoms with van der Waals surface area (Å²) in [6.45, 7) is 3.03. The quantitative estimate of drug-likeness (QED) is 0.912. The fourth-order valence-electron chi connectivity index (χ4n) is 2.61. The Morgan fingerprint density at radius 2 is 2.41 bits per heavy atom. The molecule has 1 unspecified atom stereocenters. The van der Waals surface area contributed by atoms with Crippen LogP contribution in [0.3, 0.4) is 0 Å². The Balaban J connectivity index is 1.64. The van der Waals surface area contributed by atoms with Crippen molar-refractivity contribution in [2.45, 2.75) is 32.3 Å². The summed E-state index contributed by atoms with van der Waals surface area (Å²) in [6, 6.07) is 6.33. The van der Waals surface area contributed by atoms with E-state index >= 15 is 0 Å². The Hall–Kier alpha value is -2.21. The van der Waals surface area contributed by atoms with E-state index in [0.717, 1.165) is 23.2 Å². The number of fused-ring (bicyclic) bond motifs is 1. The monoisotopic (exact) mass is 303 g/mol. The predicted octanol–water partition coefficient (Wildman–Crippen LogP) is 2.75. The number of carbonyl (C=O) groups excluding carboxylic acids is 1. The summed E-state index contributed by atoms with van der Waals surface area (Å²) in [7, 11) is 0. The highest BCUT2D eigenvalue weighted by Gasteiger charge is 2.20. The average Bonchev–Trinajstić information content (AvgIpc) is 2.90. The van der Waals surface area contributed by atoms with Gasteiger partial charge in [0.25, 0.3) is 0 Å². The van der Waals surface area contributed by atoms with Crippen LogP contribution in [-0.4, -0.2) is 22.7 Å². The summed E-state index contributed by atoms with van der Waals surface area (Å²) < 4.78 is 18.6. The van der Waals surface area contributed by atoms with Crippen LogP contribution in [0.4, 0.5) is 10.2 Å². The summed E-state index contributed by atoms with van der Waals surface area (Å²) in [5, 5.41) is 9.88. The number of amides is 1. The van der Waals surface area contributed by atoms with Crippen LogP contribution in [0.2, 0.25) is 0 Å². The summed E-state index contributed by atoms with van der Waals surface area (Å²) in [5.74, 6) is 0.0350. The highest BCUT2D eigenvalue weighted by atomic mass is 19.1. The molecule has 2 N–H and O–H groups in total. The molecule has 0 aliphatic carbocycles. The highest BCUT2D eigenvalue weighted by molar-refractivity contribution is 5.91. The van der Waals surface area contributed by atoms with Crippen LogP contribution in [0, 0.1) is 5.82 Å². The normalized spacial score (nSPS) is 15.2. The largest absolute Gasteiger partial charge is 0.376 e. The number of nitrogens with zero attached hydrogens (tertiary/aromatic N) is 1. The summed E-state index contributed by atoms with van der Waals surface area (Å²) in [5.41, 5.74) is 2.74. The van der Waals surface area contributed by atoms with E-state index in [1.54, 1.807) is 6.07 Å². The number of H-pyrrole nitrogens is 1. The molecule has 3 rings (SSSR count). The lowest BCUT2D eigenvalue weighted by Gasteiger charge is -2.14. The summed E-state index contributed by atoms with van der Waals surface area (Å²) >= 11 is 0. The lowest BCUT2D eigenvalue weighted by molar-refractivity contribution is -0.116. The molecule has 2 aromatic rings. The topological polar surface area (TPSA) is 67.0 Å². The van der Waals surface area contributed by atoms with E-state index in [9.17, 15) is 9.18 Å². The van der Waals surface area contributed by atoms with Crippen molar-refractivity contribution in [3.63, 3.8) is 0 Å². The Kier molecular flexibility index (Phi) is 4.20. The molecule has 0 saturated carbocycles. The molecule has 6 heteroatoms. The maximum absolute atomic E-state index is 13.2. The fraction of sp³-hybridized carbons (Fsp3) is 0.375. The minimum atomic E-state index is -0.289. The summed E-state index contributed by atoms with van der Waals surface area (Å²) in [4.78, 5) is 12.2. The number of aromatic nitrogens is 2. The zero-order valence-electron chi connectivity index (χ0n) is 12.4. The molecule has 0 fully saturated rings. The van der Waals surface area contributed by atoms with E-state index in [0.29, 0.717) is 19.0 Å². The Morgan fingerprint density at radius 3 is 3.23 bits per heavy atom. The Bertz CT molecular complexity index is 684. The number of hydrogen-bond donors (Lipinski definition) is 2. The molecule has 1 amide bonds. The SMILES string of the molecule is CC(CC(=O)Nc1n[nH]c2c1COCC2)c1cccc(F)c1. The number of rotatable bonds is 4. The second-order valence-corrected chi connectivity index (χ2v) is 5.54. The molecule has 2 heterocycles. The maximum Gasteiger partial charge on any atom is 0.226 e. The second-order valence-electron chi connectivity index (χ2n) is 5.54. The minimum absolute atomic E-state index is 0.0679. The second kappa shape index (κ2) is 6.27. The molecule has 1 aliphatic rings. The first-order valence-electron chi connectivity index (χ1n) is 7.32. The smallest absolute Gasteiger partial charge is 0.226 e. The number of ether oxygens (including phenoxy) is 1. The van der Waals surface area contributed by atoms with E-state index in [4.69, 9.17) is 4.74 Å². The van der Waals surface area contributed by atoms with Gasteiger partial charge in [0.2, 0.25) is 5.91 Å². The van der Waals surface area contributed by atoms with Gasteiger partial charge in [-0.1, -0.05) is 19.1 Å². The van der Waals surface area contributed by atoms with Gasteiger partial charge >= 0.3 is 0 Å². The third-order valence-corrected chi connectivity index (χ3v) is 3.86. The summed E-state index contributed by atoms with van der Waals surface area (Å²) in [6.07, 6.45) is 1.05. The van der Waals surface area contributed by atoms with E-state index in [1.807, 2.05) is 13.0 Å². The van der Waals surface area contributed by atoms with Crippen molar-refractivity contribution < 1.29 is 13.9 Å². The van der Waals surface area contributed by atoms with Gasteiger partial charge in [0.05, 0.1) is 13.2 Å². The molecule has 0 radical (unpaired) electrons. The van der Waals surface area contributed by atoms with E-state index in [1.165, 1.54) is 12.1 Å². The third kappa shape index (κ3) is 3.17. The molecule has 5 nitrogen and oxygen atoms in total.